The van der Waals surface area contributed by atoms with Crippen LogP contribution in [0, 0.1) is 15.9 Å². The van der Waals surface area contributed by atoms with Crippen LogP contribution in [0.3, 0.4) is 0 Å². The number of carbonyl (C=O) groups excluding carboxylic acids is 2. The van der Waals surface area contributed by atoms with Crippen LogP contribution in [0.4, 0.5) is 15.8 Å². The van der Waals surface area contributed by atoms with E-state index in [9.17, 15) is 32.5 Å². The zero-order valence-electron chi connectivity index (χ0n) is 22.1. The number of non-ortho nitro benzene ring substituents is 1. The quantitative estimate of drug-likeness (QED) is 0.326. The van der Waals surface area contributed by atoms with E-state index in [0.29, 0.717) is 9.87 Å². The summed E-state index contributed by atoms with van der Waals surface area (Å²) in [7, 11) is -2.87. The third-order valence-corrected chi connectivity index (χ3v) is 7.83. The van der Waals surface area contributed by atoms with Gasteiger partial charge in [0.2, 0.25) is 21.8 Å². The molecule has 0 saturated heterocycles. The van der Waals surface area contributed by atoms with Crippen LogP contribution >= 0.6 is 0 Å². The summed E-state index contributed by atoms with van der Waals surface area (Å²) >= 11 is 0. The summed E-state index contributed by atoms with van der Waals surface area (Å²) in [5.74, 6) is -1.59. The Morgan fingerprint density at radius 3 is 2.36 bits per heavy atom. The Hall–Kier alpha value is -3.74. The average molecular weight is 565 g/mol. The second-order valence-electron chi connectivity index (χ2n) is 9.55. The van der Waals surface area contributed by atoms with E-state index in [-0.39, 0.29) is 24.0 Å². The molecule has 39 heavy (non-hydrogen) atoms. The minimum atomic E-state index is -4.14. The monoisotopic (exact) mass is 564 g/mol. The van der Waals surface area contributed by atoms with Crippen molar-refractivity contribution in [1.82, 2.24) is 10.2 Å². The molecule has 2 aromatic carbocycles. The van der Waals surface area contributed by atoms with E-state index < -0.39 is 50.9 Å². The predicted octanol–water partition coefficient (Wildman–Crippen LogP) is 3.37. The molecule has 1 aliphatic carbocycles. The van der Waals surface area contributed by atoms with Gasteiger partial charge in [-0.25, -0.2) is 12.8 Å². The fourth-order valence-corrected chi connectivity index (χ4v) is 5.36. The predicted molar refractivity (Wildman–Crippen MR) is 143 cm³/mol. The largest absolute Gasteiger partial charge is 0.495 e. The van der Waals surface area contributed by atoms with Gasteiger partial charge < -0.3 is 15.0 Å². The number of nitrogens with zero attached hydrogens (tertiary/aromatic N) is 3. The molecule has 1 saturated carbocycles. The highest BCUT2D eigenvalue weighted by molar-refractivity contribution is 7.92. The van der Waals surface area contributed by atoms with E-state index in [2.05, 4.69) is 5.32 Å². The van der Waals surface area contributed by atoms with Gasteiger partial charge in [0.15, 0.2) is 0 Å². The highest BCUT2D eigenvalue weighted by Crippen LogP contribution is 2.34. The number of hydrogen-bond donors (Lipinski definition) is 1. The molecule has 0 unspecified atom stereocenters. The second-order valence-corrected chi connectivity index (χ2v) is 11.5. The van der Waals surface area contributed by atoms with Crippen molar-refractivity contribution in [3.63, 3.8) is 0 Å². The van der Waals surface area contributed by atoms with Gasteiger partial charge in [-0.1, -0.05) is 31.4 Å². The number of anilines is 1. The van der Waals surface area contributed by atoms with Crippen molar-refractivity contribution in [1.29, 1.82) is 0 Å². The lowest BCUT2D eigenvalue weighted by Gasteiger charge is -2.33. The number of halogens is 1. The van der Waals surface area contributed by atoms with E-state index in [1.54, 1.807) is 0 Å². The highest BCUT2D eigenvalue weighted by atomic mass is 32.2. The van der Waals surface area contributed by atoms with Gasteiger partial charge in [-0.2, -0.15) is 0 Å². The van der Waals surface area contributed by atoms with E-state index >= 15 is 0 Å². The summed E-state index contributed by atoms with van der Waals surface area (Å²) in [4.78, 5) is 38.8. The van der Waals surface area contributed by atoms with Crippen molar-refractivity contribution < 1.29 is 32.1 Å². The van der Waals surface area contributed by atoms with Crippen molar-refractivity contribution in [3.05, 3.63) is 64.0 Å². The topological polar surface area (TPSA) is 139 Å². The molecule has 1 fully saturated rings. The van der Waals surface area contributed by atoms with Gasteiger partial charge in [-0.3, -0.25) is 24.0 Å². The van der Waals surface area contributed by atoms with Crippen LogP contribution in [0.15, 0.2) is 42.5 Å². The summed E-state index contributed by atoms with van der Waals surface area (Å²) in [6.07, 6.45) is 5.61. The van der Waals surface area contributed by atoms with Gasteiger partial charge in [0.1, 0.15) is 29.8 Å². The fourth-order valence-electron chi connectivity index (χ4n) is 4.52. The molecule has 13 heteroatoms. The molecule has 0 radical (unpaired) electrons. The Kier molecular flexibility index (Phi) is 9.84. The number of carbonyl (C=O) groups is 2. The Morgan fingerprint density at radius 2 is 1.79 bits per heavy atom. The lowest BCUT2D eigenvalue weighted by molar-refractivity contribution is -0.384. The normalized spacial score (nSPS) is 14.8. The Morgan fingerprint density at radius 1 is 1.15 bits per heavy atom. The van der Waals surface area contributed by atoms with Crippen LogP contribution in [0.2, 0.25) is 0 Å². The van der Waals surface area contributed by atoms with Gasteiger partial charge in [-0.15, -0.1) is 0 Å². The average Bonchev–Trinajstić information content (AvgIpc) is 2.90. The molecule has 0 bridgehead atoms. The first kappa shape index (κ1) is 29.8. The molecule has 3 rings (SSSR count). The van der Waals surface area contributed by atoms with Gasteiger partial charge >= 0.3 is 0 Å². The highest BCUT2D eigenvalue weighted by Gasteiger charge is 2.32. The van der Waals surface area contributed by atoms with Crippen LogP contribution in [-0.4, -0.2) is 62.0 Å². The molecular weight excluding hydrogens is 531 g/mol. The SMILES string of the molecule is COc1ccc([N+](=O)[O-])cc1N(CC(=O)N(Cc1ccc(F)cc1)[C@@H](C)C(=O)NC1CCCCC1)S(C)(=O)=O. The maximum Gasteiger partial charge on any atom is 0.271 e. The third kappa shape index (κ3) is 7.88. The molecule has 1 N–H and O–H groups in total. The molecule has 0 aromatic heterocycles. The van der Waals surface area contributed by atoms with Crippen LogP contribution in [0.1, 0.15) is 44.6 Å². The molecule has 0 aliphatic heterocycles. The number of ether oxygens (including phenoxy) is 1. The van der Waals surface area contributed by atoms with Gasteiger partial charge in [0, 0.05) is 24.7 Å². The number of rotatable bonds is 11. The Balaban J connectivity index is 1.95. The first-order chi connectivity index (χ1) is 18.4. The van der Waals surface area contributed by atoms with Crippen molar-refractivity contribution >= 4 is 33.2 Å². The van der Waals surface area contributed by atoms with E-state index in [1.165, 1.54) is 49.3 Å². The van der Waals surface area contributed by atoms with Crippen molar-refractivity contribution in [2.45, 2.75) is 57.7 Å². The zero-order chi connectivity index (χ0) is 28.7. The lowest BCUT2D eigenvalue weighted by atomic mass is 9.95. The number of methoxy groups -OCH3 is 1. The summed E-state index contributed by atoms with van der Waals surface area (Å²) in [5.41, 5.74) is -0.0558. The summed E-state index contributed by atoms with van der Waals surface area (Å²) in [6, 6.07) is 7.80. The fraction of sp³-hybridized carbons (Fsp3) is 0.462. The summed E-state index contributed by atoms with van der Waals surface area (Å²) in [5, 5.41) is 14.3. The van der Waals surface area contributed by atoms with E-state index in [0.717, 1.165) is 50.5 Å². The van der Waals surface area contributed by atoms with Crippen LogP contribution in [0.25, 0.3) is 0 Å². The second kappa shape index (κ2) is 12.9. The minimum absolute atomic E-state index is 0.00648. The maximum atomic E-state index is 13.7. The summed E-state index contributed by atoms with van der Waals surface area (Å²) in [6.45, 7) is 0.693. The summed E-state index contributed by atoms with van der Waals surface area (Å²) < 4.78 is 45.1. The molecule has 0 heterocycles. The Bertz CT molecular complexity index is 1300. The number of nitrogens with one attached hydrogen (secondary N) is 1. The van der Waals surface area contributed by atoms with Crippen LogP contribution in [-0.2, 0) is 26.2 Å². The van der Waals surface area contributed by atoms with Crippen molar-refractivity contribution in [2.24, 2.45) is 0 Å². The van der Waals surface area contributed by atoms with Gasteiger partial charge in [0.05, 0.1) is 18.3 Å². The molecule has 0 spiro atoms. The lowest BCUT2D eigenvalue weighted by Crippen LogP contribution is -2.53. The molecule has 212 valence electrons. The van der Waals surface area contributed by atoms with E-state index in [1.807, 2.05) is 0 Å². The minimum Gasteiger partial charge on any atom is -0.495 e. The van der Waals surface area contributed by atoms with Gasteiger partial charge in [-0.05, 0) is 43.5 Å². The first-order valence-corrected chi connectivity index (χ1v) is 14.4. The number of benzene rings is 2. The standard InChI is InChI=1S/C26H33FN4O7S/c1-18(26(33)28-21-7-5-4-6-8-21)29(16-19-9-11-20(27)12-10-19)25(32)17-30(39(3,36)37)23-15-22(31(34)35)13-14-24(23)38-2/h9-15,18,21H,4-8,16-17H2,1-3H3,(H,28,33)/t18-/m0/s1. The van der Waals surface area contributed by atoms with Crippen LogP contribution < -0.4 is 14.4 Å². The number of hydrogen-bond acceptors (Lipinski definition) is 7. The molecule has 1 aliphatic rings. The first-order valence-electron chi connectivity index (χ1n) is 12.5. The Labute approximate surface area is 227 Å². The number of nitro groups is 1. The number of amides is 2. The molecular formula is C26H33FN4O7S. The molecule has 11 nitrogen and oxygen atoms in total. The van der Waals surface area contributed by atoms with Crippen molar-refractivity contribution in [2.75, 3.05) is 24.2 Å². The molecule has 2 amide bonds. The molecule has 2 aromatic rings. The van der Waals surface area contributed by atoms with Crippen molar-refractivity contribution in [3.8, 4) is 5.75 Å². The smallest absolute Gasteiger partial charge is 0.271 e. The number of nitro benzene ring substituents is 1. The van der Waals surface area contributed by atoms with E-state index in [4.69, 9.17) is 4.74 Å². The molecule has 1 atom stereocenters. The zero-order valence-corrected chi connectivity index (χ0v) is 22.9. The number of sulfonamides is 1. The van der Waals surface area contributed by atoms with Gasteiger partial charge in [0.25, 0.3) is 5.69 Å². The maximum absolute atomic E-state index is 13.7. The van der Waals surface area contributed by atoms with Crippen LogP contribution in [0.5, 0.6) is 5.75 Å². The third-order valence-electron chi connectivity index (χ3n) is 6.71.